The van der Waals surface area contributed by atoms with Crippen molar-refractivity contribution in [1.82, 2.24) is 4.98 Å². The molecule has 0 aliphatic heterocycles. The summed E-state index contributed by atoms with van der Waals surface area (Å²) >= 11 is 11.9. The molecule has 0 unspecified atom stereocenters. The highest BCUT2D eigenvalue weighted by Gasteiger charge is 2.19. The number of anilines is 3. The number of benzene rings is 3. The van der Waals surface area contributed by atoms with Crippen LogP contribution in [0.25, 0.3) is 0 Å². The number of hydrogen-bond acceptors (Lipinski definition) is 6. The molecule has 4 rings (SSSR count). The zero-order valence-electron chi connectivity index (χ0n) is 20.4. The van der Waals surface area contributed by atoms with Gasteiger partial charge in [0.05, 0.1) is 12.1 Å². The number of aliphatic imine (C=N–C) groups is 1. The molecule has 0 aliphatic rings. The van der Waals surface area contributed by atoms with Gasteiger partial charge in [-0.15, -0.1) is 0 Å². The number of nitriles is 1. The first-order valence-electron chi connectivity index (χ1n) is 11.5. The molecule has 0 radical (unpaired) electrons. The van der Waals surface area contributed by atoms with Gasteiger partial charge in [0.25, 0.3) is 15.9 Å². The summed E-state index contributed by atoms with van der Waals surface area (Å²) in [5.74, 6) is -0.866. The molecule has 3 aromatic carbocycles. The summed E-state index contributed by atoms with van der Waals surface area (Å²) in [6.45, 7) is -0.0894. The molecule has 9 nitrogen and oxygen atoms in total. The van der Waals surface area contributed by atoms with Crippen LogP contribution >= 0.6 is 23.2 Å². The van der Waals surface area contributed by atoms with Crippen LogP contribution in [0.15, 0.2) is 94.8 Å². The third-order valence-corrected chi connectivity index (χ3v) is 7.08. The summed E-state index contributed by atoms with van der Waals surface area (Å²) in [6.07, 6.45) is 0. The first-order valence-corrected chi connectivity index (χ1v) is 13.7. The second-order valence-electron chi connectivity index (χ2n) is 8.13. The van der Waals surface area contributed by atoms with E-state index in [2.05, 4.69) is 25.3 Å². The number of carbonyl (C=O) groups excluding carboxylic acids is 1. The summed E-state index contributed by atoms with van der Waals surface area (Å²) in [7, 11) is -4.10. The molecule has 0 spiro atoms. The van der Waals surface area contributed by atoms with Crippen molar-refractivity contribution in [3.05, 3.63) is 112 Å². The second kappa shape index (κ2) is 12.6. The van der Waals surface area contributed by atoms with Crippen molar-refractivity contribution >= 4 is 62.3 Å². The molecule has 13 heteroatoms. The molecule has 0 saturated carbocycles. The summed E-state index contributed by atoms with van der Waals surface area (Å²) in [5.41, 5.74) is 0.507. The van der Waals surface area contributed by atoms with E-state index in [1.807, 2.05) is 6.07 Å². The summed E-state index contributed by atoms with van der Waals surface area (Å²) in [5, 5.41) is 15.7. The number of hydrogen-bond donors (Lipinski definition) is 3. The molecule has 1 amide bonds. The van der Waals surface area contributed by atoms with Gasteiger partial charge in [-0.25, -0.2) is 17.8 Å². The van der Waals surface area contributed by atoms with Crippen LogP contribution in [0.2, 0.25) is 10.0 Å². The highest BCUT2D eigenvalue weighted by atomic mass is 35.5. The van der Waals surface area contributed by atoms with Crippen LogP contribution in [-0.4, -0.2) is 31.7 Å². The van der Waals surface area contributed by atoms with Gasteiger partial charge in [0, 0.05) is 21.3 Å². The Kier molecular flexibility index (Phi) is 8.96. The molecule has 40 heavy (non-hydrogen) atoms. The fourth-order valence-electron chi connectivity index (χ4n) is 3.43. The molecule has 0 atom stereocenters. The van der Waals surface area contributed by atoms with Gasteiger partial charge in [0.1, 0.15) is 34.3 Å². The summed E-state index contributed by atoms with van der Waals surface area (Å²) in [6, 6.07) is 22.1. The Hall–Kier alpha value is -4.50. The van der Waals surface area contributed by atoms with Gasteiger partial charge >= 0.3 is 0 Å². The lowest BCUT2D eigenvalue weighted by atomic mass is 10.2. The van der Waals surface area contributed by atoms with Crippen molar-refractivity contribution in [2.24, 2.45) is 4.99 Å². The molecule has 3 N–H and O–H groups in total. The summed E-state index contributed by atoms with van der Waals surface area (Å²) < 4.78 is 42.0. The number of aromatic nitrogens is 1. The maximum absolute atomic E-state index is 13.9. The number of rotatable bonds is 8. The fourth-order valence-corrected chi connectivity index (χ4v) is 4.94. The van der Waals surface area contributed by atoms with E-state index < -0.39 is 21.7 Å². The lowest BCUT2D eigenvalue weighted by Crippen LogP contribution is -2.24. The van der Waals surface area contributed by atoms with Gasteiger partial charge in [0.2, 0.25) is 0 Å². The number of nitrogens with one attached hydrogen (secondary N) is 3. The zero-order chi connectivity index (χ0) is 28.7. The van der Waals surface area contributed by atoms with Gasteiger partial charge in [0.15, 0.2) is 0 Å². The number of pyridine rings is 1. The highest BCUT2D eigenvalue weighted by molar-refractivity contribution is 7.92. The SMILES string of the molecule is N#Cc1ccccc1S(=O)(=O)Nc1cccc(NC/C(=N\C(=O)c2ccc(Cl)cc2)Nc2cc(F)cc(Cl)c2)n1. The van der Waals surface area contributed by atoms with Gasteiger partial charge in [-0.1, -0.05) is 41.4 Å². The quantitative estimate of drug-likeness (QED) is 0.168. The van der Waals surface area contributed by atoms with Crippen molar-refractivity contribution in [2.75, 3.05) is 21.9 Å². The van der Waals surface area contributed by atoms with E-state index in [0.29, 0.717) is 5.02 Å². The fraction of sp³-hybridized carbons (Fsp3) is 0.0370. The number of halogens is 3. The highest BCUT2D eigenvalue weighted by Crippen LogP contribution is 2.20. The predicted molar refractivity (Wildman–Crippen MR) is 153 cm³/mol. The number of carbonyl (C=O) groups is 1. The van der Waals surface area contributed by atoms with Crippen molar-refractivity contribution < 1.29 is 17.6 Å². The van der Waals surface area contributed by atoms with Crippen LogP contribution in [0.4, 0.5) is 21.7 Å². The molecule has 0 fully saturated rings. The lowest BCUT2D eigenvalue weighted by Gasteiger charge is -2.13. The van der Waals surface area contributed by atoms with Crippen molar-refractivity contribution in [1.29, 1.82) is 5.26 Å². The van der Waals surface area contributed by atoms with Gasteiger partial charge in [-0.05, 0) is 66.7 Å². The first-order chi connectivity index (χ1) is 19.1. The van der Waals surface area contributed by atoms with Gasteiger partial charge in [-0.3, -0.25) is 9.52 Å². The minimum atomic E-state index is -4.10. The zero-order valence-corrected chi connectivity index (χ0v) is 22.7. The molecule has 1 heterocycles. The third-order valence-electron chi connectivity index (χ3n) is 5.20. The number of amidine groups is 1. The second-order valence-corrected chi connectivity index (χ2v) is 10.7. The number of sulfonamides is 1. The van der Waals surface area contributed by atoms with E-state index in [9.17, 15) is 22.9 Å². The van der Waals surface area contributed by atoms with E-state index >= 15 is 0 Å². The van der Waals surface area contributed by atoms with E-state index in [1.54, 1.807) is 30.3 Å². The average Bonchev–Trinajstić information content (AvgIpc) is 2.91. The molecule has 0 aliphatic carbocycles. The third kappa shape index (κ3) is 7.54. The monoisotopic (exact) mass is 596 g/mol. The van der Waals surface area contributed by atoms with Crippen LogP contribution in [0.5, 0.6) is 0 Å². The van der Waals surface area contributed by atoms with Crippen molar-refractivity contribution in [3.8, 4) is 6.07 Å². The number of amides is 1. The average molecular weight is 597 g/mol. The molecular formula is C27H19Cl2FN6O3S. The van der Waals surface area contributed by atoms with Gasteiger partial charge < -0.3 is 10.6 Å². The maximum Gasteiger partial charge on any atom is 0.278 e. The molecule has 0 saturated heterocycles. The Bertz CT molecular complexity index is 1720. The van der Waals surface area contributed by atoms with Crippen LogP contribution in [0.3, 0.4) is 0 Å². The van der Waals surface area contributed by atoms with Crippen molar-refractivity contribution in [3.63, 3.8) is 0 Å². The first kappa shape index (κ1) is 28.5. The predicted octanol–water partition coefficient (Wildman–Crippen LogP) is 5.96. The molecule has 0 bridgehead atoms. The van der Waals surface area contributed by atoms with Crippen LogP contribution < -0.4 is 15.4 Å². The maximum atomic E-state index is 13.9. The Balaban J connectivity index is 1.56. The smallest absolute Gasteiger partial charge is 0.278 e. The molecule has 4 aromatic rings. The van der Waals surface area contributed by atoms with E-state index in [-0.39, 0.29) is 50.7 Å². The minimum Gasteiger partial charge on any atom is -0.363 e. The molecular weight excluding hydrogens is 578 g/mol. The summed E-state index contributed by atoms with van der Waals surface area (Å²) in [4.78, 5) is 21.0. The standard InChI is InChI=1S/C27H19Cl2FN6O3S/c28-19-10-8-17(9-11-19)27(37)35-26(33-22-13-20(29)12-21(30)14-22)16-32-24-6-3-7-25(34-24)36-40(38,39)23-5-2-1-4-18(23)15-31/h1-14H,16H2,(H2,32,34,36)(H,33,35,37). The Morgan fingerprint density at radius 1 is 0.950 bits per heavy atom. The van der Waals surface area contributed by atoms with Crippen LogP contribution in [0, 0.1) is 17.1 Å². The van der Waals surface area contributed by atoms with Crippen molar-refractivity contribution in [2.45, 2.75) is 4.90 Å². The molecule has 1 aromatic heterocycles. The minimum absolute atomic E-state index is 0.0148. The normalized spacial score (nSPS) is 11.4. The van der Waals surface area contributed by atoms with Crippen LogP contribution in [0.1, 0.15) is 15.9 Å². The van der Waals surface area contributed by atoms with Gasteiger partial charge in [-0.2, -0.15) is 10.3 Å². The Morgan fingerprint density at radius 2 is 1.68 bits per heavy atom. The Morgan fingerprint density at radius 3 is 2.40 bits per heavy atom. The topological polar surface area (TPSA) is 136 Å². The Labute approximate surface area is 239 Å². The van der Waals surface area contributed by atoms with Crippen LogP contribution in [-0.2, 0) is 10.0 Å². The van der Waals surface area contributed by atoms with E-state index in [4.69, 9.17) is 23.2 Å². The van der Waals surface area contributed by atoms with E-state index in [1.165, 1.54) is 48.5 Å². The largest absolute Gasteiger partial charge is 0.363 e. The molecule has 202 valence electrons. The number of nitrogens with zero attached hydrogens (tertiary/aromatic N) is 3. The van der Waals surface area contributed by atoms with E-state index in [0.717, 1.165) is 6.07 Å². The lowest BCUT2D eigenvalue weighted by molar-refractivity contribution is 0.100.